The van der Waals surface area contributed by atoms with E-state index in [1.54, 1.807) is 23.5 Å². The number of carboxylic acids is 1. The van der Waals surface area contributed by atoms with Crippen molar-refractivity contribution in [2.24, 2.45) is 0 Å². The zero-order chi connectivity index (χ0) is 11.8. The van der Waals surface area contributed by atoms with Gasteiger partial charge in [0.25, 0.3) is 0 Å². The summed E-state index contributed by atoms with van der Waals surface area (Å²) in [6.07, 6.45) is 5.58. The summed E-state index contributed by atoms with van der Waals surface area (Å²) < 4.78 is 0. The van der Waals surface area contributed by atoms with E-state index in [1.807, 2.05) is 24.6 Å². The molecular weight excluding hydrogens is 240 g/mol. The molecule has 0 unspecified atom stereocenters. The van der Waals surface area contributed by atoms with Crippen LogP contribution in [0.4, 0.5) is 0 Å². The summed E-state index contributed by atoms with van der Waals surface area (Å²) in [5.74, 6) is -0.681. The molecule has 1 fully saturated rings. The van der Waals surface area contributed by atoms with Gasteiger partial charge < -0.3 is 5.11 Å². The van der Waals surface area contributed by atoms with Crippen LogP contribution in [-0.4, -0.2) is 23.6 Å². The fourth-order valence-electron chi connectivity index (χ4n) is 1.92. The fraction of sp³-hybridized carbons (Fsp3) is 0.417. The van der Waals surface area contributed by atoms with Gasteiger partial charge in [0, 0.05) is 9.79 Å². The maximum Gasteiger partial charge on any atom is 0.314 e. The predicted molar refractivity (Wildman–Crippen MR) is 68.6 cm³/mol. The molecule has 86 valence electrons. The summed E-state index contributed by atoms with van der Waals surface area (Å²) in [6.45, 7) is 0. The van der Waals surface area contributed by atoms with Crippen LogP contribution in [0.25, 0.3) is 0 Å². The molecule has 2 nitrogen and oxygen atoms in total. The van der Waals surface area contributed by atoms with Crippen LogP contribution in [0.3, 0.4) is 0 Å². The van der Waals surface area contributed by atoms with Gasteiger partial charge in [-0.15, -0.1) is 23.5 Å². The Morgan fingerprint density at radius 1 is 1.31 bits per heavy atom. The second kappa shape index (κ2) is 4.34. The molecule has 1 aromatic carbocycles. The van der Waals surface area contributed by atoms with Gasteiger partial charge in [-0.05, 0) is 43.0 Å². The molecule has 4 heteroatoms. The number of benzene rings is 1. The van der Waals surface area contributed by atoms with Gasteiger partial charge in [0.15, 0.2) is 0 Å². The second-order valence-corrected chi connectivity index (χ2v) is 5.68. The Bertz CT molecular complexity index is 425. The third-order valence-electron chi connectivity index (χ3n) is 3.08. The molecule has 1 saturated carbocycles. The van der Waals surface area contributed by atoms with Crippen molar-refractivity contribution in [2.75, 3.05) is 12.5 Å². The zero-order valence-electron chi connectivity index (χ0n) is 9.32. The Morgan fingerprint density at radius 2 is 2.00 bits per heavy atom. The lowest BCUT2D eigenvalue weighted by molar-refractivity contribution is -0.140. The lowest BCUT2D eigenvalue weighted by Gasteiger charge is -2.15. The molecule has 1 aliphatic carbocycles. The zero-order valence-corrected chi connectivity index (χ0v) is 11.0. The predicted octanol–water partition coefficient (Wildman–Crippen LogP) is 3.25. The monoisotopic (exact) mass is 254 g/mol. The summed E-state index contributed by atoms with van der Waals surface area (Å²) in [7, 11) is 0. The van der Waals surface area contributed by atoms with Gasteiger partial charge in [0.1, 0.15) is 0 Å². The molecule has 0 aromatic heterocycles. The normalized spacial score (nSPS) is 17.1. The summed E-state index contributed by atoms with van der Waals surface area (Å²) >= 11 is 3.32. The van der Waals surface area contributed by atoms with E-state index in [9.17, 15) is 9.90 Å². The molecule has 0 atom stereocenters. The largest absolute Gasteiger partial charge is 0.481 e. The van der Waals surface area contributed by atoms with E-state index in [0.717, 1.165) is 23.3 Å². The van der Waals surface area contributed by atoms with Gasteiger partial charge >= 0.3 is 5.97 Å². The van der Waals surface area contributed by atoms with Crippen molar-refractivity contribution in [2.45, 2.75) is 28.0 Å². The van der Waals surface area contributed by atoms with E-state index in [4.69, 9.17) is 0 Å². The van der Waals surface area contributed by atoms with Crippen LogP contribution in [0, 0.1) is 0 Å². The summed E-state index contributed by atoms with van der Waals surface area (Å²) in [4.78, 5) is 13.6. The van der Waals surface area contributed by atoms with E-state index in [0.29, 0.717) is 0 Å². The van der Waals surface area contributed by atoms with Crippen LogP contribution in [-0.2, 0) is 10.2 Å². The number of thioether (sulfide) groups is 2. The topological polar surface area (TPSA) is 37.3 Å². The second-order valence-electron chi connectivity index (χ2n) is 3.95. The van der Waals surface area contributed by atoms with Gasteiger partial charge in [-0.3, -0.25) is 4.79 Å². The van der Waals surface area contributed by atoms with Crippen molar-refractivity contribution in [3.8, 4) is 0 Å². The number of hydrogen-bond donors (Lipinski definition) is 1. The molecule has 1 aliphatic rings. The number of hydrogen-bond acceptors (Lipinski definition) is 3. The molecule has 1 N–H and O–H groups in total. The molecule has 0 saturated heterocycles. The molecular formula is C12H14O2S2. The minimum absolute atomic E-state index is 0.588. The third-order valence-corrected chi connectivity index (χ3v) is 4.59. The molecule has 0 bridgehead atoms. The highest BCUT2D eigenvalue weighted by atomic mass is 32.2. The van der Waals surface area contributed by atoms with Crippen molar-refractivity contribution in [3.63, 3.8) is 0 Å². The highest BCUT2D eigenvalue weighted by Gasteiger charge is 2.52. The maximum absolute atomic E-state index is 11.3. The first-order valence-corrected chi connectivity index (χ1v) is 7.55. The summed E-state index contributed by atoms with van der Waals surface area (Å²) in [6, 6.07) is 6.09. The summed E-state index contributed by atoms with van der Waals surface area (Å²) in [5.41, 5.74) is 0.403. The molecule has 1 aromatic rings. The molecule has 16 heavy (non-hydrogen) atoms. The first-order valence-electron chi connectivity index (χ1n) is 5.10. The molecule has 0 spiro atoms. The standard InChI is InChI=1S/C12H14O2S2/c1-15-8-3-4-9(10(7-8)16-2)12(5-6-12)11(13)14/h3-4,7H,5-6H2,1-2H3,(H,13,14). The number of carboxylic acid groups (broad SMARTS) is 1. The van der Waals surface area contributed by atoms with E-state index in [2.05, 4.69) is 6.07 Å². The van der Waals surface area contributed by atoms with Gasteiger partial charge in [0.05, 0.1) is 5.41 Å². The highest BCUT2D eigenvalue weighted by molar-refractivity contribution is 7.99. The van der Waals surface area contributed by atoms with Crippen LogP contribution in [0.2, 0.25) is 0 Å². The smallest absolute Gasteiger partial charge is 0.314 e. The van der Waals surface area contributed by atoms with Crippen LogP contribution in [0.1, 0.15) is 18.4 Å². The molecule has 0 amide bonds. The summed E-state index contributed by atoms with van der Waals surface area (Å²) in [5, 5.41) is 9.29. The van der Waals surface area contributed by atoms with Crippen LogP contribution >= 0.6 is 23.5 Å². The van der Waals surface area contributed by atoms with Crippen molar-refractivity contribution in [3.05, 3.63) is 23.8 Å². The molecule has 0 aliphatic heterocycles. The lowest BCUT2D eigenvalue weighted by atomic mass is 9.96. The van der Waals surface area contributed by atoms with Crippen LogP contribution < -0.4 is 0 Å². The van der Waals surface area contributed by atoms with E-state index >= 15 is 0 Å². The van der Waals surface area contributed by atoms with Crippen molar-refractivity contribution in [1.29, 1.82) is 0 Å². The SMILES string of the molecule is CSc1ccc(C2(C(=O)O)CC2)c(SC)c1. The lowest BCUT2D eigenvalue weighted by Crippen LogP contribution is -2.20. The van der Waals surface area contributed by atoms with E-state index < -0.39 is 11.4 Å². The van der Waals surface area contributed by atoms with E-state index in [1.165, 1.54) is 4.90 Å². The van der Waals surface area contributed by atoms with Gasteiger partial charge in [-0.2, -0.15) is 0 Å². The molecule has 2 rings (SSSR count). The van der Waals surface area contributed by atoms with Crippen molar-refractivity contribution >= 4 is 29.5 Å². The van der Waals surface area contributed by atoms with Gasteiger partial charge in [-0.25, -0.2) is 0 Å². The third kappa shape index (κ3) is 1.84. The highest BCUT2D eigenvalue weighted by Crippen LogP contribution is 2.51. The van der Waals surface area contributed by atoms with Crippen LogP contribution in [0.5, 0.6) is 0 Å². The Hall–Kier alpha value is -0.610. The molecule has 0 heterocycles. The van der Waals surface area contributed by atoms with E-state index in [-0.39, 0.29) is 0 Å². The van der Waals surface area contributed by atoms with Gasteiger partial charge in [-0.1, -0.05) is 6.07 Å². The van der Waals surface area contributed by atoms with Crippen molar-refractivity contribution < 1.29 is 9.90 Å². The maximum atomic E-state index is 11.3. The Morgan fingerprint density at radius 3 is 2.44 bits per heavy atom. The average Bonchev–Trinajstić information content (AvgIpc) is 3.09. The quantitative estimate of drug-likeness (QED) is 0.837. The van der Waals surface area contributed by atoms with Crippen LogP contribution in [0.15, 0.2) is 28.0 Å². The Kier molecular flexibility index (Phi) is 3.22. The van der Waals surface area contributed by atoms with Gasteiger partial charge in [0.2, 0.25) is 0 Å². The fourth-order valence-corrected chi connectivity index (χ4v) is 3.16. The Labute approximate surface area is 104 Å². The average molecular weight is 254 g/mol. The number of carbonyl (C=O) groups is 1. The Balaban J connectivity index is 2.45. The number of aliphatic carboxylic acids is 1. The molecule has 0 radical (unpaired) electrons. The first kappa shape index (κ1) is 11.9. The minimum atomic E-state index is -0.681. The number of rotatable bonds is 4. The first-order chi connectivity index (χ1) is 7.64. The van der Waals surface area contributed by atoms with Crippen molar-refractivity contribution in [1.82, 2.24) is 0 Å². The minimum Gasteiger partial charge on any atom is -0.481 e.